The van der Waals surface area contributed by atoms with Crippen molar-refractivity contribution in [3.8, 4) is 0 Å². The molecule has 10 aliphatic carbocycles. The lowest BCUT2D eigenvalue weighted by Crippen LogP contribution is -2.44. The van der Waals surface area contributed by atoms with Gasteiger partial charge in [0.05, 0.1) is 12.2 Å². The molecule has 1 saturated heterocycles. The van der Waals surface area contributed by atoms with Gasteiger partial charge in [-0.1, -0.05) is 31.4 Å². The maximum absolute atomic E-state index is 6.17. The lowest BCUT2D eigenvalue weighted by atomic mass is 9.58. The van der Waals surface area contributed by atoms with Gasteiger partial charge in [-0.15, -0.1) is 0 Å². The minimum atomic E-state index is 0.746. The molecule has 0 spiro atoms. The molecule has 0 amide bonds. The van der Waals surface area contributed by atoms with Crippen LogP contribution >= 0.6 is 0 Å². The van der Waals surface area contributed by atoms with Crippen molar-refractivity contribution in [3.63, 3.8) is 0 Å². The third-order valence-electron chi connectivity index (χ3n) is 15.7. The minimum Gasteiger partial charge on any atom is -0.369 e. The second-order valence-corrected chi connectivity index (χ2v) is 15.8. The number of allylic oxidation sites excluding steroid dienone is 2. The van der Waals surface area contributed by atoms with Crippen LogP contribution in [-0.2, 0) is 4.74 Å². The van der Waals surface area contributed by atoms with Crippen molar-refractivity contribution >= 4 is 0 Å². The van der Waals surface area contributed by atoms with Crippen LogP contribution in [0.1, 0.15) is 64.2 Å². The van der Waals surface area contributed by atoms with E-state index in [2.05, 4.69) is 12.2 Å². The van der Waals surface area contributed by atoms with Gasteiger partial charge in [-0.2, -0.15) is 0 Å². The molecule has 176 valence electrons. The van der Waals surface area contributed by atoms with Crippen LogP contribution in [0.5, 0.6) is 0 Å². The standard InChI is InChI=1S/C32H42O/c1(2-13-6-17-9-19(13)26-16-5-4-15(8-16)25(17)26)3-14-7-18-10-20(14)28-22-11-21(27(18)28)29-23-12-24(30(22)29)32-31(23)33-32/h4-5,13-32H,1-3,6-12H2. The Labute approximate surface area is 199 Å². The van der Waals surface area contributed by atoms with Crippen molar-refractivity contribution in [1.29, 1.82) is 0 Å². The van der Waals surface area contributed by atoms with E-state index >= 15 is 0 Å². The third kappa shape index (κ3) is 1.92. The highest BCUT2D eigenvalue weighted by Gasteiger charge is 2.77. The van der Waals surface area contributed by atoms with E-state index in [0.717, 1.165) is 107 Å². The average Bonchev–Trinajstić information content (AvgIpc) is 3.61. The summed E-state index contributed by atoms with van der Waals surface area (Å²) in [5.74, 6) is 20.1. The van der Waals surface area contributed by atoms with Crippen LogP contribution < -0.4 is 0 Å². The highest BCUT2D eigenvalue weighted by molar-refractivity contribution is 5.25. The summed E-state index contributed by atoms with van der Waals surface area (Å²) in [5.41, 5.74) is 0. The Morgan fingerprint density at radius 1 is 0.485 bits per heavy atom. The van der Waals surface area contributed by atoms with Gasteiger partial charge in [0.2, 0.25) is 0 Å². The molecule has 1 aliphatic heterocycles. The highest BCUT2D eigenvalue weighted by atomic mass is 16.6. The summed E-state index contributed by atoms with van der Waals surface area (Å²) in [4.78, 5) is 0. The molecule has 0 aromatic heterocycles. The van der Waals surface area contributed by atoms with Crippen molar-refractivity contribution in [1.82, 2.24) is 0 Å². The fourth-order valence-corrected chi connectivity index (χ4v) is 15.7. The summed E-state index contributed by atoms with van der Waals surface area (Å²) < 4.78 is 6.17. The highest BCUT2D eigenvalue weighted by Crippen LogP contribution is 2.79. The predicted octanol–water partition coefficient (Wildman–Crippen LogP) is 6.44. The minimum absolute atomic E-state index is 0.746. The largest absolute Gasteiger partial charge is 0.369 e. The number of hydrogen-bond acceptors (Lipinski definition) is 1. The van der Waals surface area contributed by atoms with E-state index < -0.39 is 0 Å². The monoisotopic (exact) mass is 442 g/mol. The fourth-order valence-electron chi connectivity index (χ4n) is 15.7. The van der Waals surface area contributed by atoms with Gasteiger partial charge >= 0.3 is 0 Å². The molecule has 1 heterocycles. The summed E-state index contributed by atoms with van der Waals surface area (Å²) in [5, 5.41) is 0. The summed E-state index contributed by atoms with van der Waals surface area (Å²) in [6, 6.07) is 0. The molecule has 0 N–H and O–H groups in total. The molecular weight excluding hydrogens is 400 g/mol. The lowest BCUT2D eigenvalue weighted by Gasteiger charge is -2.46. The fraction of sp³-hybridized carbons (Fsp3) is 0.938. The Morgan fingerprint density at radius 2 is 1.06 bits per heavy atom. The van der Waals surface area contributed by atoms with Gasteiger partial charge in [0, 0.05) is 0 Å². The summed E-state index contributed by atoms with van der Waals surface area (Å²) >= 11 is 0. The molecular formula is C32H42O. The molecule has 0 radical (unpaired) electrons. The average molecular weight is 443 g/mol. The van der Waals surface area contributed by atoms with E-state index in [1.54, 1.807) is 64.2 Å². The SMILES string of the molecule is C1=CC2CC1C1C3CC(CCCC4CC5CC4C4C6CC(C54)C4C5CC(C7OC57)C64)C(C3)C21. The first kappa shape index (κ1) is 18.0. The Morgan fingerprint density at radius 3 is 1.82 bits per heavy atom. The van der Waals surface area contributed by atoms with Crippen LogP contribution in [-0.4, -0.2) is 12.2 Å². The zero-order valence-electron chi connectivity index (χ0n) is 20.2. The van der Waals surface area contributed by atoms with Gasteiger partial charge in [0.1, 0.15) is 0 Å². The van der Waals surface area contributed by atoms with Crippen LogP contribution in [0.3, 0.4) is 0 Å². The second kappa shape index (κ2) is 5.65. The van der Waals surface area contributed by atoms with Gasteiger partial charge in [-0.05, 0) is 151 Å². The molecule has 11 aliphatic rings. The first-order chi connectivity index (χ1) is 16.3. The van der Waals surface area contributed by atoms with Crippen molar-refractivity contribution in [2.45, 2.75) is 76.4 Å². The molecule has 1 heteroatoms. The van der Waals surface area contributed by atoms with Gasteiger partial charge in [0.15, 0.2) is 0 Å². The molecule has 33 heavy (non-hydrogen) atoms. The van der Waals surface area contributed by atoms with Crippen molar-refractivity contribution in [3.05, 3.63) is 12.2 Å². The lowest BCUT2D eigenvalue weighted by molar-refractivity contribution is 0.0135. The first-order valence-corrected chi connectivity index (χ1v) is 15.7. The van der Waals surface area contributed by atoms with Gasteiger partial charge in [-0.25, -0.2) is 0 Å². The van der Waals surface area contributed by atoms with Crippen molar-refractivity contribution in [2.24, 2.45) is 107 Å². The normalized spacial score (nSPS) is 73.3. The summed E-state index contributed by atoms with van der Waals surface area (Å²) in [6.45, 7) is 0. The smallest absolute Gasteiger partial charge is 0.0875 e. The van der Waals surface area contributed by atoms with E-state index in [-0.39, 0.29) is 0 Å². The van der Waals surface area contributed by atoms with Crippen LogP contribution in [0.2, 0.25) is 0 Å². The van der Waals surface area contributed by atoms with Crippen LogP contribution in [0.4, 0.5) is 0 Å². The zero-order valence-corrected chi connectivity index (χ0v) is 20.2. The van der Waals surface area contributed by atoms with E-state index in [9.17, 15) is 0 Å². The maximum atomic E-state index is 6.17. The quantitative estimate of drug-likeness (QED) is 0.277. The Kier molecular flexibility index (Phi) is 3.09. The number of fused-ring (bicyclic) bond motifs is 28. The molecule has 9 saturated carbocycles. The zero-order chi connectivity index (χ0) is 20.7. The number of rotatable bonds is 4. The van der Waals surface area contributed by atoms with Gasteiger partial charge in [-0.3, -0.25) is 0 Å². The van der Waals surface area contributed by atoms with Crippen LogP contribution in [0, 0.1) is 107 Å². The third-order valence-corrected chi connectivity index (χ3v) is 15.7. The first-order valence-electron chi connectivity index (χ1n) is 15.7. The Bertz CT molecular complexity index is 952. The molecule has 10 fully saturated rings. The summed E-state index contributed by atoms with van der Waals surface area (Å²) in [7, 11) is 0. The number of epoxide rings is 1. The molecule has 1 nitrogen and oxygen atoms in total. The topological polar surface area (TPSA) is 12.5 Å². The number of hydrogen-bond donors (Lipinski definition) is 0. The van der Waals surface area contributed by atoms with Crippen LogP contribution in [0.25, 0.3) is 0 Å². The van der Waals surface area contributed by atoms with Crippen LogP contribution in [0.15, 0.2) is 12.2 Å². The summed E-state index contributed by atoms with van der Waals surface area (Å²) in [6.07, 6.45) is 22.9. The Balaban J connectivity index is 0.783. The van der Waals surface area contributed by atoms with Crippen molar-refractivity contribution < 1.29 is 4.74 Å². The molecule has 20 unspecified atom stereocenters. The predicted molar refractivity (Wildman–Crippen MR) is 127 cm³/mol. The molecule has 0 aromatic carbocycles. The maximum Gasteiger partial charge on any atom is 0.0875 e. The van der Waals surface area contributed by atoms with E-state index in [1.807, 2.05) is 0 Å². The second-order valence-electron chi connectivity index (χ2n) is 15.8. The van der Waals surface area contributed by atoms with E-state index in [1.165, 1.54) is 11.8 Å². The van der Waals surface area contributed by atoms with Gasteiger partial charge < -0.3 is 4.74 Å². The Hall–Kier alpha value is -0.300. The molecule has 11 rings (SSSR count). The molecule has 20 atom stereocenters. The molecule has 0 aromatic rings. The van der Waals surface area contributed by atoms with Gasteiger partial charge in [0.25, 0.3) is 0 Å². The molecule has 10 bridgehead atoms. The van der Waals surface area contributed by atoms with Crippen molar-refractivity contribution in [2.75, 3.05) is 0 Å². The number of ether oxygens (including phenoxy) is 1. The van der Waals surface area contributed by atoms with E-state index in [0.29, 0.717) is 0 Å². The van der Waals surface area contributed by atoms with E-state index in [4.69, 9.17) is 4.74 Å².